The first-order valence-electron chi connectivity index (χ1n) is 9.44. The van der Waals surface area contributed by atoms with E-state index in [0.717, 1.165) is 43.8 Å². The fourth-order valence-corrected chi connectivity index (χ4v) is 4.20. The molecule has 27 heavy (non-hydrogen) atoms. The molecule has 4 rings (SSSR count). The van der Waals surface area contributed by atoms with Gasteiger partial charge in [-0.2, -0.15) is 0 Å². The Labute approximate surface area is 158 Å². The van der Waals surface area contributed by atoms with Crippen LogP contribution in [0.25, 0.3) is 0 Å². The van der Waals surface area contributed by atoms with Gasteiger partial charge in [0.1, 0.15) is 5.69 Å². The molecule has 0 spiro atoms. The van der Waals surface area contributed by atoms with Crippen LogP contribution in [0.4, 0.5) is 11.4 Å². The lowest BCUT2D eigenvalue weighted by molar-refractivity contribution is -0.658. The number of non-ortho nitro benzene ring substituents is 1. The smallest absolute Gasteiger partial charge is 0.271 e. The first-order valence-corrected chi connectivity index (χ1v) is 9.44. The van der Waals surface area contributed by atoms with Crippen molar-refractivity contribution < 1.29 is 14.6 Å². The zero-order chi connectivity index (χ0) is 19.0. The molecule has 0 aromatic heterocycles. The zero-order valence-electron chi connectivity index (χ0n) is 15.5. The van der Waals surface area contributed by atoms with Gasteiger partial charge in [-0.15, -0.1) is 0 Å². The van der Waals surface area contributed by atoms with Crippen molar-refractivity contribution >= 4 is 17.2 Å². The van der Waals surface area contributed by atoms with Gasteiger partial charge in [-0.05, 0) is 56.0 Å². The average molecular weight is 366 g/mol. The van der Waals surface area contributed by atoms with E-state index in [4.69, 9.17) is 0 Å². The molecule has 0 saturated heterocycles. The van der Waals surface area contributed by atoms with Crippen molar-refractivity contribution in [3.63, 3.8) is 0 Å². The number of nitrogens with zero attached hydrogens (tertiary/aromatic N) is 3. The van der Waals surface area contributed by atoms with E-state index in [2.05, 4.69) is 34.6 Å². The monoisotopic (exact) mass is 366 g/mol. The SMILES string of the molecule is Cc1cccc(N2C[C@](O)(c3ccc([N+](=O)[O-])cc3)[N+]3=C2CCCCC3)c1. The van der Waals surface area contributed by atoms with Gasteiger partial charge in [0.05, 0.1) is 11.5 Å². The fourth-order valence-electron chi connectivity index (χ4n) is 4.20. The number of amidine groups is 1. The number of hydrogen-bond donors (Lipinski definition) is 1. The van der Waals surface area contributed by atoms with Crippen LogP contribution < -0.4 is 4.90 Å². The number of aryl methyl sites for hydroxylation is 1. The Kier molecular flexibility index (Phi) is 4.44. The third-order valence-electron chi connectivity index (χ3n) is 5.58. The Morgan fingerprint density at radius 3 is 2.63 bits per heavy atom. The van der Waals surface area contributed by atoms with Gasteiger partial charge in [-0.3, -0.25) is 10.1 Å². The van der Waals surface area contributed by atoms with Gasteiger partial charge in [-0.1, -0.05) is 12.1 Å². The standard InChI is InChI=1S/C21H24N3O3/c1-16-6-5-7-19(14-16)22-15-21(25,23-13-4-2-3-8-20(22)23)17-9-11-18(12-10-17)24(26)27/h5-7,9-12,14,25H,2-4,8,13,15H2,1H3/q+1/t21-/m0/s1. The van der Waals surface area contributed by atoms with Gasteiger partial charge < -0.3 is 5.11 Å². The minimum Gasteiger partial charge on any atom is -0.346 e. The van der Waals surface area contributed by atoms with Crippen LogP contribution in [-0.4, -0.2) is 33.5 Å². The number of nitro benzene ring substituents is 1. The average Bonchev–Trinajstić information content (AvgIpc) is 2.82. The third-order valence-corrected chi connectivity index (χ3v) is 5.58. The third kappa shape index (κ3) is 3.10. The van der Waals surface area contributed by atoms with Gasteiger partial charge in [-0.25, -0.2) is 9.48 Å². The van der Waals surface area contributed by atoms with E-state index in [9.17, 15) is 15.2 Å². The summed E-state index contributed by atoms with van der Waals surface area (Å²) in [5, 5.41) is 22.7. The quantitative estimate of drug-likeness (QED) is 0.512. The number of β-amino-alcohol motifs (C(OH)–C–C–N with tert-alkyl or cyclic N) is 1. The Morgan fingerprint density at radius 1 is 1.15 bits per heavy atom. The van der Waals surface area contributed by atoms with Crippen molar-refractivity contribution in [1.29, 1.82) is 0 Å². The van der Waals surface area contributed by atoms with Crippen LogP contribution in [-0.2, 0) is 5.72 Å². The summed E-state index contributed by atoms with van der Waals surface area (Å²) in [4.78, 5) is 12.8. The van der Waals surface area contributed by atoms with Crippen molar-refractivity contribution in [3.05, 3.63) is 69.8 Å². The summed E-state index contributed by atoms with van der Waals surface area (Å²) in [6.45, 7) is 3.27. The fraction of sp³-hybridized carbons (Fsp3) is 0.381. The molecule has 2 aliphatic heterocycles. The topological polar surface area (TPSA) is 69.6 Å². The normalized spacial score (nSPS) is 22.5. The van der Waals surface area contributed by atoms with E-state index in [1.807, 2.05) is 6.07 Å². The predicted octanol–water partition coefficient (Wildman–Crippen LogP) is 3.55. The molecule has 0 radical (unpaired) electrons. The summed E-state index contributed by atoms with van der Waals surface area (Å²) in [6, 6.07) is 14.6. The maximum absolute atomic E-state index is 11.7. The number of aliphatic hydroxyl groups is 1. The molecule has 2 aromatic carbocycles. The molecule has 6 nitrogen and oxygen atoms in total. The van der Waals surface area contributed by atoms with Gasteiger partial charge in [0.2, 0.25) is 0 Å². The Hall–Kier alpha value is -2.73. The second kappa shape index (κ2) is 6.78. The van der Waals surface area contributed by atoms with E-state index in [-0.39, 0.29) is 5.69 Å². The molecule has 2 heterocycles. The second-order valence-electron chi connectivity index (χ2n) is 7.42. The number of anilines is 1. The number of rotatable bonds is 3. The van der Waals surface area contributed by atoms with Crippen LogP contribution in [0.1, 0.15) is 36.8 Å². The lowest BCUT2D eigenvalue weighted by atomic mass is 10.0. The second-order valence-corrected chi connectivity index (χ2v) is 7.42. The van der Waals surface area contributed by atoms with Crippen molar-refractivity contribution in [2.75, 3.05) is 18.0 Å². The highest BCUT2D eigenvalue weighted by Crippen LogP contribution is 2.36. The molecule has 6 heteroatoms. The maximum atomic E-state index is 11.7. The lowest BCUT2D eigenvalue weighted by Crippen LogP contribution is -2.41. The minimum absolute atomic E-state index is 0.0379. The highest BCUT2D eigenvalue weighted by atomic mass is 16.6. The molecule has 1 atom stereocenters. The van der Waals surface area contributed by atoms with Crippen LogP contribution in [0.5, 0.6) is 0 Å². The van der Waals surface area contributed by atoms with Crippen molar-refractivity contribution in [2.45, 2.75) is 38.3 Å². The summed E-state index contributed by atoms with van der Waals surface area (Å²) in [7, 11) is 0. The van der Waals surface area contributed by atoms with Crippen molar-refractivity contribution in [2.24, 2.45) is 0 Å². The van der Waals surface area contributed by atoms with Crippen LogP contribution in [0, 0.1) is 17.0 Å². The lowest BCUT2D eigenvalue weighted by Gasteiger charge is -2.23. The zero-order valence-corrected chi connectivity index (χ0v) is 15.5. The van der Waals surface area contributed by atoms with E-state index < -0.39 is 10.6 Å². The largest absolute Gasteiger partial charge is 0.346 e. The van der Waals surface area contributed by atoms with Gasteiger partial charge >= 0.3 is 0 Å². The molecule has 0 aliphatic carbocycles. The summed E-state index contributed by atoms with van der Waals surface area (Å²) in [6.07, 6.45) is 4.19. The molecule has 2 aromatic rings. The van der Waals surface area contributed by atoms with Crippen LogP contribution >= 0.6 is 0 Å². The molecule has 0 amide bonds. The molecular formula is C21H24N3O3+. The van der Waals surface area contributed by atoms with E-state index in [1.54, 1.807) is 12.1 Å². The van der Waals surface area contributed by atoms with E-state index in [0.29, 0.717) is 12.1 Å². The molecule has 140 valence electrons. The molecule has 0 fully saturated rings. The highest BCUT2D eigenvalue weighted by Gasteiger charge is 2.52. The molecule has 0 bridgehead atoms. The summed E-state index contributed by atoms with van der Waals surface area (Å²) >= 11 is 0. The Bertz CT molecular complexity index is 907. The van der Waals surface area contributed by atoms with Gasteiger partial charge in [0, 0.05) is 24.1 Å². The highest BCUT2D eigenvalue weighted by molar-refractivity contribution is 5.96. The molecule has 2 aliphatic rings. The van der Waals surface area contributed by atoms with Crippen LogP contribution in [0.2, 0.25) is 0 Å². The van der Waals surface area contributed by atoms with E-state index >= 15 is 0 Å². The van der Waals surface area contributed by atoms with Gasteiger partial charge in [0.25, 0.3) is 17.2 Å². The first kappa shape index (κ1) is 17.7. The Morgan fingerprint density at radius 2 is 1.93 bits per heavy atom. The predicted molar refractivity (Wildman–Crippen MR) is 104 cm³/mol. The number of benzene rings is 2. The molecule has 0 unspecified atom stereocenters. The summed E-state index contributed by atoms with van der Waals surface area (Å²) < 4.78 is 2.10. The van der Waals surface area contributed by atoms with Crippen molar-refractivity contribution in [1.82, 2.24) is 0 Å². The molecule has 1 N–H and O–H groups in total. The van der Waals surface area contributed by atoms with Crippen LogP contribution in [0.15, 0.2) is 48.5 Å². The van der Waals surface area contributed by atoms with Gasteiger partial charge in [0.15, 0.2) is 6.54 Å². The minimum atomic E-state index is -1.18. The summed E-state index contributed by atoms with van der Waals surface area (Å²) in [5.41, 5.74) is 1.81. The summed E-state index contributed by atoms with van der Waals surface area (Å²) in [5.74, 6) is 1.14. The number of hydrogen-bond acceptors (Lipinski definition) is 4. The Balaban J connectivity index is 1.78. The number of nitro groups is 1. The first-order chi connectivity index (χ1) is 13.0. The molecule has 0 saturated carbocycles. The maximum Gasteiger partial charge on any atom is 0.271 e. The molecular weight excluding hydrogens is 342 g/mol. The van der Waals surface area contributed by atoms with E-state index in [1.165, 1.54) is 17.7 Å². The van der Waals surface area contributed by atoms with Crippen molar-refractivity contribution in [3.8, 4) is 0 Å². The van der Waals surface area contributed by atoms with Crippen LogP contribution in [0.3, 0.4) is 0 Å².